The Morgan fingerprint density at radius 1 is 1.25 bits per heavy atom. The highest BCUT2D eigenvalue weighted by Gasteiger charge is 2.43. The number of hydrogen-bond donors (Lipinski definition) is 1. The van der Waals surface area contributed by atoms with Crippen LogP contribution >= 0.6 is 0 Å². The van der Waals surface area contributed by atoms with Gasteiger partial charge in [-0.15, -0.1) is 0 Å². The van der Waals surface area contributed by atoms with Gasteiger partial charge in [0.2, 0.25) is 5.88 Å². The van der Waals surface area contributed by atoms with Crippen molar-refractivity contribution >= 4 is 11.5 Å². The number of nitrogens with two attached hydrogens (primary N) is 1. The van der Waals surface area contributed by atoms with Crippen molar-refractivity contribution in [2.24, 2.45) is 11.1 Å². The molecule has 1 atom stereocenters. The van der Waals surface area contributed by atoms with E-state index in [0.29, 0.717) is 52.4 Å². The summed E-state index contributed by atoms with van der Waals surface area (Å²) in [6.45, 7) is 5.74. The van der Waals surface area contributed by atoms with Crippen molar-refractivity contribution in [1.82, 2.24) is 0 Å². The Kier molecular flexibility index (Phi) is 6.46. The Balaban J connectivity index is 1.71. The van der Waals surface area contributed by atoms with Crippen LogP contribution in [0.4, 0.5) is 5.69 Å². The zero-order chi connectivity index (χ0) is 26.2. The molecule has 0 saturated carbocycles. The van der Waals surface area contributed by atoms with Crippen LogP contribution in [0.25, 0.3) is 0 Å². The lowest BCUT2D eigenvalue weighted by Gasteiger charge is -2.37. The average molecular weight is 490 g/mol. The number of carbonyl (C=O) groups is 1. The molecule has 0 unspecified atom stereocenters. The molecule has 0 aromatic heterocycles. The van der Waals surface area contributed by atoms with Gasteiger partial charge in [-0.1, -0.05) is 19.9 Å². The molecule has 2 aromatic rings. The van der Waals surface area contributed by atoms with Gasteiger partial charge in [0.1, 0.15) is 35.5 Å². The van der Waals surface area contributed by atoms with Crippen LogP contribution < -0.4 is 15.2 Å². The molecule has 1 heterocycles. The van der Waals surface area contributed by atoms with Gasteiger partial charge in [0.15, 0.2) is 5.78 Å². The van der Waals surface area contributed by atoms with Crippen molar-refractivity contribution in [2.45, 2.75) is 46.1 Å². The molecule has 1 aliphatic heterocycles. The molecule has 9 nitrogen and oxygen atoms in total. The van der Waals surface area contributed by atoms with E-state index in [0.717, 1.165) is 0 Å². The zero-order valence-corrected chi connectivity index (χ0v) is 20.6. The molecule has 2 aromatic carbocycles. The van der Waals surface area contributed by atoms with Crippen LogP contribution in [0.3, 0.4) is 0 Å². The van der Waals surface area contributed by atoms with Gasteiger partial charge < -0.3 is 19.9 Å². The molecular weight excluding hydrogens is 462 g/mol. The topological polar surface area (TPSA) is 138 Å². The highest BCUT2D eigenvalue weighted by atomic mass is 16.6. The van der Waals surface area contributed by atoms with E-state index in [1.807, 2.05) is 19.9 Å². The van der Waals surface area contributed by atoms with Crippen LogP contribution in [0.1, 0.15) is 49.3 Å². The van der Waals surface area contributed by atoms with Crippen LogP contribution in [0, 0.1) is 33.8 Å². The first-order valence-electron chi connectivity index (χ1n) is 11.4. The van der Waals surface area contributed by atoms with Gasteiger partial charge >= 0.3 is 0 Å². The van der Waals surface area contributed by atoms with Crippen LogP contribution in [0.2, 0.25) is 0 Å². The first-order chi connectivity index (χ1) is 17.0. The molecule has 186 valence electrons. The van der Waals surface area contributed by atoms with E-state index >= 15 is 0 Å². The number of nitrogens with zero attached hydrogens (tertiary/aromatic N) is 2. The Hall–Kier alpha value is -4.32. The first-order valence-corrected chi connectivity index (χ1v) is 11.4. The van der Waals surface area contributed by atoms with Gasteiger partial charge in [-0.05, 0) is 42.2 Å². The van der Waals surface area contributed by atoms with Crippen LogP contribution in [0.5, 0.6) is 11.5 Å². The van der Waals surface area contributed by atoms with Gasteiger partial charge in [-0.3, -0.25) is 14.9 Å². The molecule has 2 N–H and O–H groups in total. The fourth-order valence-electron chi connectivity index (χ4n) is 4.79. The number of methoxy groups -OCH3 is 1. The Morgan fingerprint density at radius 2 is 2.00 bits per heavy atom. The number of hydrogen-bond acceptors (Lipinski definition) is 8. The van der Waals surface area contributed by atoms with E-state index in [4.69, 9.17) is 19.9 Å². The van der Waals surface area contributed by atoms with Crippen LogP contribution in [-0.2, 0) is 16.1 Å². The van der Waals surface area contributed by atoms with E-state index < -0.39 is 10.8 Å². The molecule has 0 fully saturated rings. The third-order valence-electron chi connectivity index (χ3n) is 6.47. The van der Waals surface area contributed by atoms with Crippen molar-refractivity contribution in [3.63, 3.8) is 0 Å². The Bertz CT molecular complexity index is 1370. The Labute approximate surface area is 208 Å². The summed E-state index contributed by atoms with van der Waals surface area (Å²) in [6.07, 6.45) is 0.880. The molecular formula is C27H27N3O6. The van der Waals surface area contributed by atoms with Gasteiger partial charge in [0, 0.05) is 35.6 Å². The molecule has 2 aliphatic rings. The van der Waals surface area contributed by atoms with Crippen LogP contribution in [0.15, 0.2) is 59.2 Å². The number of nitriles is 1. The summed E-state index contributed by atoms with van der Waals surface area (Å²) in [5, 5.41) is 21.0. The lowest BCUT2D eigenvalue weighted by Crippen LogP contribution is -2.33. The van der Waals surface area contributed by atoms with Gasteiger partial charge in [0.25, 0.3) is 5.69 Å². The number of benzene rings is 2. The quantitative estimate of drug-likeness (QED) is 0.445. The predicted octanol–water partition coefficient (Wildman–Crippen LogP) is 4.94. The van der Waals surface area contributed by atoms with Crippen molar-refractivity contribution in [3.05, 3.63) is 86.0 Å². The molecule has 0 saturated heterocycles. The highest BCUT2D eigenvalue weighted by Crippen LogP contribution is 2.48. The summed E-state index contributed by atoms with van der Waals surface area (Å²) in [5.74, 6) is 0.808. The van der Waals surface area contributed by atoms with E-state index in [2.05, 4.69) is 6.07 Å². The van der Waals surface area contributed by atoms with E-state index in [9.17, 15) is 20.2 Å². The summed E-state index contributed by atoms with van der Waals surface area (Å²) in [6, 6.07) is 12.1. The van der Waals surface area contributed by atoms with Gasteiger partial charge in [0.05, 0.1) is 18.0 Å². The Morgan fingerprint density at radius 3 is 2.64 bits per heavy atom. The second-order valence-corrected chi connectivity index (χ2v) is 9.77. The number of allylic oxidation sites excluding steroid dienone is 3. The minimum absolute atomic E-state index is 0.00160. The molecule has 0 spiro atoms. The summed E-state index contributed by atoms with van der Waals surface area (Å²) >= 11 is 0. The number of nitro groups is 1. The molecule has 0 amide bonds. The highest BCUT2D eigenvalue weighted by molar-refractivity contribution is 6.00. The van der Waals surface area contributed by atoms with Crippen molar-refractivity contribution in [3.8, 4) is 17.6 Å². The van der Waals surface area contributed by atoms with E-state index in [1.165, 1.54) is 19.2 Å². The maximum atomic E-state index is 13.2. The average Bonchev–Trinajstić information content (AvgIpc) is 2.80. The smallest absolute Gasteiger partial charge is 0.272 e. The summed E-state index contributed by atoms with van der Waals surface area (Å²) in [4.78, 5) is 23.9. The number of nitro benzene ring substituents is 1. The monoisotopic (exact) mass is 489 g/mol. The second kappa shape index (κ2) is 9.38. The van der Waals surface area contributed by atoms with Crippen LogP contribution in [-0.4, -0.2) is 17.8 Å². The van der Waals surface area contributed by atoms with Crippen molar-refractivity contribution in [1.29, 1.82) is 5.26 Å². The lowest BCUT2D eigenvalue weighted by atomic mass is 9.70. The predicted molar refractivity (Wildman–Crippen MR) is 131 cm³/mol. The number of aryl methyl sites for hydroxylation is 1. The maximum absolute atomic E-state index is 13.2. The number of ketones is 1. The van der Waals surface area contributed by atoms with E-state index in [1.54, 1.807) is 25.1 Å². The fraction of sp³-hybridized carbons (Fsp3) is 0.333. The summed E-state index contributed by atoms with van der Waals surface area (Å²) in [7, 11) is 1.54. The second-order valence-electron chi connectivity index (χ2n) is 9.77. The molecule has 36 heavy (non-hydrogen) atoms. The van der Waals surface area contributed by atoms with Crippen molar-refractivity contribution in [2.75, 3.05) is 7.11 Å². The molecule has 1 aliphatic carbocycles. The summed E-state index contributed by atoms with van der Waals surface area (Å²) in [5.41, 5.74) is 8.37. The third-order valence-corrected chi connectivity index (χ3v) is 6.47. The molecule has 9 heteroatoms. The maximum Gasteiger partial charge on any atom is 0.272 e. The van der Waals surface area contributed by atoms with Gasteiger partial charge in [-0.25, -0.2) is 0 Å². The molecule has 0 radical (unpaired) electrons. The number of Topliss-reactive ketones (excluding diaryl/α,β-unsaturated/α-hetero) is 1. The van der Waals surface area contributed by atoms with E-state index in [-0.39, 0.29) is 34.9 Å². The number of ether oxygens (including phenoxy) is 3. The zero-order valence-electron chi connectivity index (χ0n) is 20.6. The van der Waals surface area contributed by atoms with Crippen molar-refractivity contribution < 1.29 is 23.9 Å². The first kappa shape index (κ1) is 24.8. The summed E-state index contributed by atoms with van der Waals surface area (Å²) < 4.78 is 17.2. The normalized spacial score (nSPS) is 18.8. The SMILES string of the molecule is COc1ccc([C@H]2C(C#N)=C(N)OC3=C2C(=O)CC(C)(C)C3)cc1COc1ccc([N+](=O)[O-])c(C)c1. The minimum atomic E-state index is -0.659. The van der Waals surface area contributed by atoms with Gasteiger partial charge in [-0.2, -0.15) is 5.26 Å². The number of carbonyl (C=O) groups excluding carboxylic acids is 1. The lowest BCUT2D eigenvalue weighted by molar-refractivity contribution is -0.385. The standard InChI is InChI=1S/C27H27N3O6/c1-15-9-18(6-7-20(15)30(32)33)35-14-17-10-16(5-8-22(17)34-4)24-19(13-28)26(29)36-23-12-27(2,3)11-21(31)25(23)24/h5-10,24H,11-12,14,29H2,1-4H3/t24-/m0/s1. The fourth-order valence-corrected chi connectivity index (χ4v) is 4.79. The molecule has 0 bridgehead atoms. The number of rotatable bonds is 6. The third kappa shape index (κ3) is 4.62. The molecule has 4 rings (SSSR count). The largest absolute Gasteiger partial charge is 0.496 e. The minimum Gasteiger partial charge on any atom is -0.496 e.